The van der Waals surface area contributed by atoms with E-state index in [9.17, 15) is 4.79 Å². The van der Waals surface area contributed by atoms with Gasteiger partial charge in [-0.2, -0.15) is 0 Å². The first-order chi connectivity index (χ1) is 16.0. The van der Waals surface area contributed by atoms with Crippen molar-refractivity contribution in [2.24, 2.45) is 5.92 Å². The van der Waals surface area contributed by atoms with Crippen LogP contribution >= 0.6 is 22.9 Å². The molecule has 3 unspecified atom stereocenters. The van der Waals surface area contributed by atoms with Crippen molar-refractivity contribution in [2.75, 3.05) is 27.3 Å². The first-order valence-corrected chi connectivity index (χ1v) is 12.3. The van der Waals surface area contributed by atoms with E-state index < -0.39 is 6.04 Å². The Balaban J connectivity index is 1.59. The van der Waals surface area contributed by atoms with Crippen LogP contribution in [0.4, 0.5) is 0 Å². The Labute approximate surface area is 204 Å². The van der Waals surface area contributed by atoms with Gasteiger partial charge in [-0.3, -0.25) is 4.90 Å². The fraction of sp³-hybridized carbons (Fsp3) is 0.385. The van der Waals surface area contributed by atoms with E-state index in [1.165, 1.54) is 7.11 Å². The predicted octanol–water partition coefficient (Wildman–Crippen LogP) is 6.09. The second-order valence-electron chi connectivity index (χ2n) is 8.37. The van der Waals surface area contributed by atoms with Crippen molar-refractivity contribution >= 4 is 28.9 Å². The maximum Gasteiger partial charge on any atom is 0.327 e. The molecule has 0 radical (unpaired) electrons. The van der Waals surface area contributed by atoms with Crippen molar-refractivity contribution in [3.05, 3.63) is 75.8 Å². The van der Waals surface area contributed by atoms with Crippen molar-refractivity contribution in [2.45, 2.75) is 31.9 Å². The van der Waals surface area contributed by atoms with Crippen LogP contribution in [0, 0.1) is 12.8 Å². The van der Waals surface area contributed by atoms with Crippen LogP contribution in [0.25, 0.3) is 10.6 Å². The van der Waals surface area contributed by atoms with Crippen LogP contribution in [0.1, 0.15) is 41.1 Å². The molecule has 3 atom stereocenters. The number of halogens is 1. The fourth-order valence-electron chi connectivity index (χ4n) is 4.67. The van der Waals surface area contributed by atoms with Gasteiger partial charge in [-0.1, -0.05) is 54.1 Å². The summed E-state index contributed by atoms with van der Waals surface area (Å²) in [7, 11) is 3.22. The molecule has 0 N–H and O–H groups in total. The summed E-state index contributed by atoms with van der Waals surface area (Å²) in [6, 6.07) is 17.2. The number of hydrogen-bond donors (Lipinski definition) is 0. The number of benzene rings is 2. The third-order valence-corrected chi connectivity index (χ3v) is 7.78. The summed E-state index contributed by atoms with van der Waals surface area (Å²) in [5.74, 6) is 0.0200. The third-order valence-electron chi connectivity index (χ3n) is 6.26. The van der Waals surface area contributed by atoms with Gasteiger partial charge in [0.2, 0.25) is 0 Å². The van der Waals surface area contributed by atoms with Gasteiger partial charge in [0.1, 0.15) is 11.0 Å². The van der Waals surface area contributed by atoms with Crippen LogP contribution < -0.4 is 0 Å². The van der Waals surface area contributed by atoms with E-state index in [2.05, 4.69) is 4.90 Å². The molecule has 33 heavy (non-hydrogen) atoms. The third kappa shape index (κ3) is 5.30. The lowest BCUT2D eigenvalue weighted by Crippen LogP contribution is -2.43. The molecule has 1 fully saturated rings. The molecule has 174 valence electrons. The van der Waals surface area contributed by atoms with Gasteiger partial charge < -0.3 is 9.47 Å². The molecule has 0 spiro atoms. The van der Waals surface area contributed by atoms with E-state index in [0.717, 1.165) is 52.6 Å². The first kappa shape index (κ1) is 23.9. The summed E-state index contributed by atoms with van der Waals surface area (Å²) < 4.78 is 11.2. The number of ether oxygens (including phenoxy) is 2. The number of hydrogen-bond acceptors (Lipinski definition) is 6. The Kier molecular flexibility index (Phi) is 7.81. The van der Waals surface area contributed by atoms with Gasteiger partial charge in [-0.25, -0.2) is 9.78 Å². The molecule has 0 amide bonds. The van der Waals surface area contributed by atoms with Gasteiger partial charge in [-0.05, 0) is 44.0 Å². The average molecular weight is 485 g/mol. The Morgan fingerprint density at radius 1 is 1.15 bits per heavy atom. The van der Waals surface area contributed by atoms with Crippen molar-refractivity contribution in [1.82, 2.24) is 9.88 Å². The van der Waals surface area contributed by atoms with Crippen molar-refractivity contribution in [3.8, 4) is 10.6 Å². The molecule has 1 aliphatic heterocycles. The van der Waals surface area contributed by atoms with E-state index in [-0.39, 0.29) is 18.0 Å². The molecule has 0 aliphatic carbocycles. The zero-order valence-electron chi connectivity index (χ0n) is 19.2. The number of methoxy groups -OCH3 is 2. The number of esters is 1. The number of piperidine rings is 1. The van der Waals surface area contributed by atoms with Gasteiger partial charge in [0.15, 0.2) is 0 Å². The van der Waals surface area contributed by atoms with Crippen LogP contribution in [0.5, 0.6) is 0 Å². The van der Waals surface area contributed by atoms with E-state index in [0.29, 0.717) is 5.02 Å². The first-order valence-electron chi connectivity index (χ1n) is 11.1. The normalized spacial score (nSPS) is 18.6. The zero-order valence-corrected chi connectivity index (χ0v) is 20.7. The molecule has 7 heteroatoms. The predicted molar refractivity (Wildman–Crippen MR) is 133 cm³/mol. The molecule has 1 aliphatic rings. The van der Waals surface area contributed by atoms with Crippen molar-refractivity contribution in [1.29, 1.82) is 0 Å². The van der Waals surface area contributed by atoms with Gasteiger partial charge in [0.05, 0.1) is 23.8 Å². The number of aromatic nitrogens is 1. The summed E-state index contributed by atoms with van der Waals surface area (Å²) >= 11 is 7.72. The lowest BCUT2D eigenvalue weighted by molar-refractivity contribution is -0.148. The molecular formula is C26H29ClN2O3S. The van der Waals surface area contributed by atoms with Crippen molar-refractivity contribution in [3.63, 3.8) is 0 Å². The van der Waals surface area contributed by atoms with Crippen LogP contribution in [0.3, 0.4) is 0 Å². The highest BCUT2D eigenvalue weighted by Crippen LogP contribution is 2.41. The van der Waals surface area contributed by atoms with E-state index in [1.807, 2.05) is 61.5 Å². The SMILES string of the molecule is COC(=O)C(c1ccccc1)N1CCCC(C(OC)c2sc(-c3ccc(Cl)cc3)nc2C)C1. The summed E-state index contributed by atoms with van der Waals surface area (Å²) in [5, 5.41) is 1.67. The van der Waals surface area contributed by atoms with E-state index in [4.69, 9.17) is 26.1 Å². The van der Waals surface area contributed by atoms with Gasteiger partial charge in [0, 0.05) is 30.2 Å². The van der Waals surface area contributed by atoms with Gasteiger partial charge >= 0.3 is 5.97 Å². The fourth-order valence-corrected chi connectivity index (χ4v) is 6.04. The largest absolute Gasteiger partial charge is 0.468 e. The molecule has 0 saturated carbocycles. The summed E-state index contributed by atoms with van der Waals surface area (Å²) in [5.41, 5.74) is 2.99. The number of aryl methyl sites for hydroxylation is 1. The number of carbonyl (C=O) groups is 1. The number of nitrogens with zero attached hydrogens (tertiary/aromatic N) is 2. The minimum Gasteiger partial charge on any atom is -0.468 e. The Morgan fingerprint density at radius 3 is 2.55 bits per heavy atom. The smallest absolute Gasteiger partial charge is 0.327 e. The summed E-state index contributed by atoms with van der Waals surface area (Å²) in [4.78, 5) is 21.0. The molecule has 3 aromatic rings. The number of likely N-dealkylation sites (tertiary alicyclic amines) is 1. The zero-order chi connectivity index (χ0) is 23.4. The average Bonchev–Trinajstić information content (AvgIpc) is 3.22. The molecular weight excluding hydrogens is 456 g/mol. The highest BCUT2D eigenvalue weighted by molar-refractivity contribution is 7.15. The topological polar surface area (TPSA) is 51.7 Å². The summed E-state index contributed by atoms with van der Waals surface area (Å²) in [6.07, 6.45) is 1.94. The highest BCUT2D eigenvalue weighted by atomic mass is 35.5. The quantitative estimate of drug-likeness (QED) is 0.380. The maximum absolute atomic E-state index is 12.8. The standard InChI is InChI=1S/C26H29ClN2O3S/c1-17-24(33-25(28-17)19-11-13-21(27)14-12-19)23(31-2)20-10-7-15-29(16-20)22(26(30)32-3)18-8-5-4-6-9-18/h4-6,8-9,11-14,20,22-23H,7,10,15-16H2,1-3H3. The number of carbonyl (C=O) groups excluding carboxylic acids is 1. The number of thiazole rings is 1. The Bertz CT molecular complexity index is 1070. The minimum absolute atomic E-state index is 0.0829. The van der Waals surface area contributed by atoms with Gasteiger partial charge in [-0.15, -0.1) is 11.3 Å². The lowest BCUT2D eigenvalue weighted by Gasteiger charge is -2.39. The Hall–Kier alpha value is -2.25. The van der Waals surface area contributed by atoms with Crippen LogP contribution in [-0.2, 0) is 14.3 Å². The summed E-state index contributed by atoms with van der Waals surface area (Å²) in [6.45, 7) is 3.64. The highest BCUT2D eigenvalue weighted by Gasteiger charge is 2.36. The van der Waals surface area contributed by atoms with E-state index >= 15 is 0 Å². The Morgan fingerprint density at radius 2 is 1.88 bits per heavy atom. The number of rotatable bonds is 7. The van der Waals surface area contributed by atoms with E-state index in [1.54, 1.807) is 18.4 Å². The lowest BCUT2D eigenvalue weighted by atomic mass is 9.89. The molecule has 4 rings (SSSR count). The molecule has 1 aromatic heterocycles. The second-order valence-corrected chi connectivity index (χ2v) is 9.83. The van der Waals surface area contributed by atoms with Crippen LogP contribution in [-0.4, -0.2) is 43.2 Å². The van der Waals surface area contributed by atoms with Crippen LogP contribution in [0.2, 0.25) is 5.02 Å². The van der Waals surface area contributed by atoms with Crippen LogP contribution in [0.15, 0.2) is 54.6 Å². The maximum atomic E-state index is 12.8. The monoisotopic (exact) mass is 484 g/mol. The molecule has 5 nitrogen and oxygen atoms in total. The molecule has 0 bridgehead atoms. The molecule has 1 saturated heterocycles. The second kappa shape index (κ2) is 10.8. The van der Waals surface area contributed by atoms with Gasteiger partial charge in [0.25, 0.3) is 0 Å². The molecule has 2 heterocycles. The molecule has 2 aromatic carbocycles. The van der Waals surface area contributed by atoms with Crippen molar-refractivity contribution < 1.29 is 14.3 Å². The minimum atomic E-state index is -0.413.